The summed E-state index contributed by atoms with van der Waals surface area (Å²) in [6, 6.07) is 11.0. The van der Waals surface area contributed by atoms with Crippen molar-refractivity contribution >= 4 is 8.32 Å². The molecule has 1 aromatic rings. The van der Waals surface area contributed by atoms with Crippen molar-refractivity contribution in [3.05, 3.63) is 35.9 Å². The van der Waals surface area contributed by atoms with Crippen LogP contribution in [0.4, 0.5) is 0 Å². The molecule has 182 valence electrons. The molecule has 3 rings (SSSR count). The lowest BCUT2D eigenvalue weighted by Gasteiger charge is -2.58. The van der Waals surface area contributed by atoms with Crippen molar-refractivity contribution in [2.75, 3.05) is 0 Å². The van der Waals surface area contributed by atoms with E-state index in [0.29, 0.717) is 34.7 Å². The lowest BCUT2D eigenvalue weighted by Crippen LogP contribution is -2.64. The molecule has 0 aromatic heterocycles. The molecule has 0 radical (unpaired) electrons. The van der Waals surface area contributed by atoms with E-state index in [9.17, 15) is 0 Å². The van der Waals surface area contributed by atoms with Crippen LogP contribution in [0.3, 0.4) is 0 Å². The highest BCUT2D eigenvalue weighted by Crippen LogP contribution is 2.60. The van der Waals surface area contributed by atoms with Gasteiger partial charge in [0.1, 0.15) is 0 Å². The molecule has 2 aliphatic rings. The molecule has 4 atom stereocenters. The molecule has 32 heavy (non-hydrogen) atoms. The number of benzene rings is 1. The number of rotatable bonds is 10. The van der Waals surface area contributed by atoms with Gasteiger partial charge in [-0.05, 0) is 67.6 Å². The first-order chi connectivity index (χ1) is 15.1. The second-order valence-electron chi connectivity index (χ2n) is 11.9. The second kappa shape index (κ2) is 9.92. The van der Waals surface area contributed by atoms with E-state index in [1.165, 1.54) is 18.4 Å². The topological polar surface area (TPSA) is 18.5 Å². The van der Waals surface area contributed by atoms with Crippen molar-refractivity contribution in [1.82, 2.24) is 0 Å². The first-order valence-corrected chi connectivity index (χ1v) is 15.6. The molecule has 2 nitrogen and oxygen atoms in total. The van der Waals surface area contributed by atoms with Gasteiger partial charge in [0, 0.05) is 11.3 Å². The Kier molecular flexibility index (Phi) is 8.05. The van der Waals surface area contributed by atoms with Crippen LogP contribution in [0.15, 0.2) is 30.3 Å². The highest BCUT2D eigenvalue weighted by Gasteiger charge is 2.63. The van der Waals surface area contributed by atoms with Gasteiger partial charge in [-0.3, -0.25) is 0 Å². The van der Waals surface area contributed by atoms with E-state index in [2.05, 4.69) is 92.6 Å². The van der Waals surface area contributed by atoms with Crippen LogP contribution in [0.5, 0.6) is 0 Å². The van der Waals surface area contributed by atoms with E-state index in [0.717, 1.165) is 25.7 Å². The molecule has 0 saturated carbocycles. The first-order valence-electron chi connectivity index (χ1n) is 13.5. The van der Waals surface area contributed by atoms with Gasteiger partial charge in [0.25, 0.3) is 0 Å². The Morgan fingerprint density at radius 3 is 2.03 bits per heavy atom. The van der Waals surface area contributed by atoms with Crippen molar-refractivity contribution in [3.8, 4) is 0 Å². The lowest BCUT2D eigenvalue weighted by molar-refractivity contribution is -0.226. The molecule has 0 amide bonds. The maximum absolute atomic E-state index is 7.77. The van der Waals surface area contributed by atoms with Gasteiger partial charge in [-0.1, -0.05) is 85.7 Å². The Morgan fingerprint density at radius 2 is 1.53 bits per heavy atom. The quantitative estimate of drug-likeness (QED) is 0.327. The zero-order chi connectivity index (χ0) is 23.7. The second-order valence-corrected chi connectivity index (χ2v) is 17.3. The summed E-state index contributed by atoms with van der Waals surface area (Å²) in [6.45, 7) is 21.8. The van der Waals surface area contributed by atoms with Gasteiger partial charge in [0.05, 0.1) is 17.8 Å². The molecule has 1 aromatic carbocycles. The van der Waals surface area contributed by atoms with E-state index in [1.807, 2.05) is 0 Å². The summed E-state index contributed by atoms with van der Waals surface area (Å²) >= 11 is 0. The third-order valence-electron chi connectivity index (χ3n) is 9.61. The predicted octanol–water partition coefficient (Wildman–Crippen LogP) is 8.55. The molecule has 2 heterocycles. The van der Waals surface area contributed by atoms with Gasteiger partial charge < -0.3 is 9.16 Å². The van der Waals surface area contributed by atoms with Gasteiger partial charge in [0.2, 0.25) is 8.32 Å². The summed E-state index contributed by atoms with van der Waals surface area (Å²) < 4.78 is 14.7. The Balaban J connectivity index is 2.06. The Morgan fingerprint density at radius 1 is 0.969 bits per heavy atom. The fourth-order valence-corrected chi connectivity index (χ4v) is 13.5. The molecular weight excluding hydrogens is 408 g/mol. The molecule has 3 heteroatoms. The van der Waals surface area contributed by atoms with Crippen molar-refractivity contribution in [2.24, 2.45) is 11.3 Å². The summed E-state index contributed by atoms with van der Waals surface area (Å²) in [4.78, 5) is 0. The number of hydrogen-bond donors (Lipinski definition) is 0. The van der Waals surface area contributed by atoms with Crippen molar-refractivity contribution in [1.29, 1.82) is 0 Å². The summed E-state index contributed by atoms with van der Waals surface area (Å²) in [6.07, 6.45) is 7.57. The minimum atomic E-state index is -2.01. The molecule has 0 unspecified atom stereocenters. The minimum Gasteiger partial charge on any atom is -0.412 e. The highest BCUT2D eigenvalue weighted by molar-refractivity contribution is 6.77. The molecule has 0 N–H and O–H groups in total. The number of aryl methyl sites for hydroxylation is 1. The normalized spacial score (nSPS) is 29.9. The molecule has 0 spiro atoms. The first kappa shape index (κ1) is 26.0. The molecule has 2 fully saturated rings. The van der Waals surface area contributed by atoms with Crippen LogP contribution >= 0.6 is 0 Å². The van der Waals surface area contributed by atoms with Gasteiger partial charge in [-0.15, -0.1) is 0 Å². The number of ether oxygens (including phenoxy) is 1. The number of fused-ring (bicyclic) bond motifs is 2. The van der Waals surface area contributed by atoms with Crippen molar-refractivity contribution < 1.29 is 9.16 Å². The highest BCUT2D eigenvalue weighted by atomic mass is 28.4. The largest absolute Gasteiger partial charge is 0.412 e. The van der Waals surface area contributed by atoms with Crippen molar-refractivity contribution in [2.45, 2.75) is 135 Å². The van der Waals surface area contributed by atoms with Crippen molar-refractivity contribution in [3.63, 3.8) is 0 Å². The average Bonchev–Trinajstić information content (AvgIpc) is 3.12. The molecule has 2 bridgehead atoms. The van der Waals surface area contributed by atoms with Crippen LogP contribution in [0.25, 0.3) is 0 Å². The molecular formula is C29H50O2Si. The third kappa shape index (κ3) is 4.27. The minimum absolute atomic E-state index is 0.0525. The Bertz CT molecular complexity index is 702. The number of hydrogen-bond acceptors (Lipinski definition) is 2. The Hall–Kier alpha value is -0.643. The van der Waals surface area contributed by atoms with E-state index >= 15 is 0 Å². The van der Waals surface area contributed by atoms with E-state index in [-0.39, 0.29) is 11.0 Å². The SMILES string of the molecule is CCC1(CC)[C@H](O[Si](C(C)C)(C(C)C)C(C)C)[C@@H](CCc2ccccc2)[C@]2(C)CC[C@H]1O2. The fraction of sp³-hybridized carbons (Fsp3) is 0.793. The van der Waals surface area contributed by atoms with E-state index < -0.39 is 8.32 Å². The summed E-state index contributed by atoms with van der Waals surface area (Å²) in [7, 11) is -2.01. The lowest BCUT2D eigenvalue weighted by atomic mass is 9.64. The molecule has 2 saturated heterocycles. The summed E-state index contributed by atoms with van der Waals surface area (Å²) in [5, 5.41) is 0. The smallest absolute Gasteiger partial charge is 0.200 e. The van der Waals surface area contributed by atoms with E-state index in [1.54, 1.807) is 0 Å². The predicted molar refractivity (Wildman–Crippen MR) is 140 cm³/mol. The monoisotopic (exact) mass is 458 g/mol. The molecule has 0 aliphatic carbocycles. The zero-order valence-electron chi connectivity index (χ0n) is 22.4. The maximum atomic E-state index is 7.77. The maximum Gasteiger partial charge on any atom is 0.200 e. The van der Waals surface area contributed by atoms with Crippen LogP contribution in [0, 0.1) is 11.3 Å². The van der Waals surface area contributed by atoms with Crippen LogP contribution < -0.4 is 0 Å². The van der Waals surface area contributed by atoms with Crippen LogP contribution in [-0.2, 0) is 15.6 Å². The van der Waals surface area contributed by atoms with Crippen LogP contribution in [0.2, 0.25) is 16.6 Å². The fourth-order valence-electron chi connectivity index (χ4n) is 7.80. The third-order valence-corrected chi connectivity index (χ3v) is 15.7. The standard InChI is InChI=1S/C29H50O2Si/c1-10-29(11-2)26-19-20-28(9,30-26)25(18-17-24-15-13-12-14-16-24)27(29)31-32(21(3)4,22(5)6)23(7)8/h12-16,21-23,25-27H,10-11,17-20H2,1-9H3/t25-,26-,27-,28+/m1/s1. The summed E-state index contributed by atoms with van der Waals surface area (Å²) in [5.41, 5.74) is 3.34. The zero-order valence-corrected chi connectivity index (χ0v) is 23.4. The van der Waals surface area contributed by atoms with Gasteiger partial charge >= 0.3 is 0 Å². The van der Waals surface area contributed by atoms with E-state index in [4.69, 9.17) is 9.16 Å². The van der Waals surface area contributed by atoms with Crippen LogP contribution in [0.1, 0.15) is 100.0 Å². The average molecular weight is 459 g/mol. The Labute approximate surface area is 200 Å². The van der Waals surface area contributed by atoms with Gasteiger partial charge in [-0.25, -0.2) is 0 Å². The van der Waals surface area contributed by atoms with Gasteiger partial charge in [-0.2, -0.15) is 0 Å². The summed E-state index contributed by atoms with van der Waals surface area (Å²) in [5.74, 6) is 0.449. The van der Waals surface area contributed by atoms with Gasteiger partial charge in [0.15, 0.2) is 0 Å². The van der Waals surface area contributed by atoms with Crippen LogP contribution in [-0.4, -0.2) is 26.1 Å². The molecule has 2 aliphatic heterocycles.